The van der Waals surface area contributed by atoms with Gasteiger partial charge in [-0.1, -0.05) is 71.5 Å². The number of para-hydroxylation sites is 6. The predicted molar refractivity (Wildman–Crippen MR) is 167 cm³/mol. The summed E-state index contributed by atoms with van der Waals surface area (Å²) in [4.78, 5) is 23.4. The summed E-state index contributed by atoms with van der Waals surface area (Å²) in [5, 5.41) is 23.3. The number of fused-ring (bicyclic) bond motifs is 2. The molecule has 0 unspecified atom stereocenters. The van der Waals surface area contributed by atoms with E-state index in [0.717, 1.165) is 22.4 Å². The molecule has 43 heavy (non-hydrogen) atoms. The first kappa shape index (κ1) is 34.1. The van der Waals surface area contributed by atoms with Crippen LogP contribution in [0, 0.1) is 21.3 Å². The van der Waals surface area contributed by atoms with E-state index >= 15 is 0 Å². The third-order valence-electron chi connectivity index (χ3n) is 5.58. The van der Waals surface area contributed by atoms with Crippen molar-refractivity contribution in [2.75, 3.05) is 10.6 Å². The average molecular weight is 655 g/mol. The summed E-state index contributed by atoms with van der Waals surface area (Å²) in [7, 11) is 0. The number of benzene rings is 4. The Kier molecular flexibility index (Phi) is 14.6. The average Bonchev–Trinajstić information content (AvgIpc) is 3.51. The summed E-state index contributed by atoms with van der Waals surface area (Å²) in [6, 6.07) is 34.3. The van der Waals surface area contributed by atoms with E-state index in [4.69, 9.17) is 19.4 Å². The molecular formula is C30H24N6NiO4S2. The Morgan fingerprint density at radius 2 is 0.884 bits per heavy atom. The number of thiocyanates is 2. The van der Waals surface area contributed by atoms with Gasteiger partial charge in [0, 0.05) is 11.4 Å². The minimum absolute atomic E-state index is 0. The molecule has 220 valence electrons. The molecule has 0 amide bonds. The van der Waals surface area contributed by atoms with Crippen molar-refractivity contribution in [1.82, 2.24) is 9.13 Å². The number of oxazole rings is 2. The SMILES string of the molecule is N#C[S-].N#C[S-].O=c1oc2ccccc2n1CNc1ccccc1.O=c1oc2ccccc2n1CNc1ccccc1.[Ni+2]. The first-order valence-electron chi connectivity index (χ1n) is 12.3. The van der Waals surface area contributed by atoms with E-state index in [0.29, 0.717) is 24.5 Å². The molecule has 0 saturated heterocycles. The molecule has 0 aliphatic heterocycles. The first-order valence-corrected chi connectivity index (χ1v) is 13.1. The summed E-state index contributed by atoms with van der Waals surface area (Å²) in [6.45, 7) is 0.777. The molecule has 6 aromatic rings. The zero-order valence-corrected chi connectivity index (χ0v) is 25.0. The topological polar surface area (TPSA) is 142 Å². The molecule has 0 saturated carbocycles. The fraction of sp³-hybridized carbons (Fsp3) is 0.0667. The van der Waals surface area contributed by atoms with Gasteiger partial charge in [0.15, 0.2) is 11.2 Å². The molecule has 10 nitrogen and oxygen atoms in total. The predicted octanol–water partition coefficient (Wildman–Crippen LogP) is 5.35. The Morgan fingerprint density at radius 3 is 1.23 bits per heavy atom. The molecule has 0 spiro atoms. The van der Waals surface area contributed by atoms with Crippen molar-refractivity contribution in [2.24, 2.45) is 0 Å². The van der Waals surface area contributed by atoms with E-state index in [-0.39, 0.29) is 28.0 Å². The largest absolute Gasteiger partial charge is 2.00 e. The normalized spacial score (nSPS) is 9.26. The van der Waals surface area contributed by atoms with Crippen LogP contribution in [-0.2, 0) is 55.1 Å². The standard InChI is InChI=1S/2C14H12N2O2.2CHNS.Ni/c2*17-14-16(10-15-11-6-2-1-3-7-11)12-8-4-5-9-13(12)18-14;2*2-1-3;/h2*1-9,15H,10H2;2*3H;/q;;;;+2/p-2. The minimum atomic E-state index is -0.348. The molecule has 13 heteroatoms. The van der Waals surface area contributed by atoms with Crippen LogP contribution in [0.4, 0.5) is 11.4 Å². The van der Waals surface area contributed by atoms with E-state index in [1.807, 2.05) is 97.1 Å². The van der Waals surface area contributed by atoms with Crippen molar-refractivity contribution >= 4 is 58.8 Å². The van der Waals surface area contributed by atoms with Gasteiger partial charge < -0.3 is 44.7 Å². The Hall–Kier alpha value is -5.07. The van der Waals surface area contributed by atoms with Crippen LogP contribution in [0.5, 0.6) is 0 Å². The van der Waals surface area contributed by atoms with Gasteiger partial charge in [-0.3, -0.25) is 9.13 Å². The van der Waals surface area contributed by atoms with Crippen LogP contribution in [0.2, 0.25) is 0 Å². The molecule has 2 heterocycles. The minimum Gasteiger partial charge on any atom is -0.696 e. The number of hydrogen-bond donors (Lipinski definition) is 2. The molecule has 0 fully saturated rings. The molecule has 4 aromatic carbocycles. The number of anilines is 2. The van der Waals surface area contributed by atoms with Crippen molar-refractivity contribution in [3.8, 4) is 10.8 Å². The van der Waals surface area contributed by atoms with Crippen LogP contribution >= 0.6 is 0 Å². The third kappa shape index (κ3) is 10.1. The zero-order chi connectivity index (χ0) is 30.2. The summed E-state index contributed by atoms with van der Waals surface area (Å²) in [6.07, 6.45) is 0. The van der Waals surface area contributed by atoms with E-state index in [1.165, 1.54) is 10.8 Å². The van der Waals surface area contributed by atoms with E-state index in [1.54, 1.807) is 21.3 Å². The van der Waals surface area contributed by atoms with Gasteiger partial charge in [0.1, 0.15) is 0 Å². The second-order valence-corrected chi connectivity index (χ2v) is 8.48. The summed E-state index contributed by atoms with van der Waals surface area (Å²) >= 11 is 7.40. The quantitative estimate of drug-likeness (QED) is 0.137. The molecule has 0 atom stereocenters. The second-order valence-electron chi connectivity index (χ2n) is 8.11. The molecule has 2 N–H and O–H groups in total. The fourth-order valence-electron chi connectivity index (χ4n) is 3.78. The van der Waals surface area contributed by atoms with E-state index in [9.17, 15) is 9.59 Å². The number of nitriles is 2. The van der Waals surface area contributed by atoms with Gasteiger partial charge in [-0.25, -0.2) is 20.1 Å². The van der Waals surface area contributed by atoms with Crippen LogP contribution in [0.15, 0.2) is 128 Å². The van der Waals surface area contributed by atoms with Crippen LogP contribution in [0.3, 0.4) is 0 Å². The Bertz CT molecular complexity index is 1750. The first-order chi connectivity index (χ1) is 20.5. The van der Waals surface area contributed by atoms with Crippen molar-refractivity contribution in [3.05, 3.63) is 130 Å². The van der Waals surface area contributed by atoms with Crippen molar-refractivity contribution < 1.29 is 25.3 Å². The smallest absolute Gasteiger partial charge is 0.696 e. The van der Waals surface area contributed by atoms with Crippen LogP contribution in [-0.4, -0.2) is 9.13 Å². The molecular weight excluding hydrogens is 631 g/mol. The van der Waals surface area contributed by atoms with Crippen molar-refractivity contribution in [1.29, 1.82) is 10.5 Å². The monoisotopic (exact) mass is 654 g/mol. The molecule has 6 rings (SSSR count). The Morgan fingerprint density at radius 1 is 0.581 bits per heavy atom. The van der Waals surface area contributed by atoms with E-state index in [2.05, 4.69) is 35.9 Å². The van der Waals surface area contributed by atoms with E-state index < -0.39 is 0 Å². The summed E-state index contributed by atoms with van der Waals surface area (Å²) in [5.41, 5.74) is 4.75. The Balaban J connectivity index is 0.000000249. The number of hydrogen-bond acceptors (Lipinski definition) is 10. The zero-order valence-electron chi connectivity index (χ0n) is 22.4. The fourth-order valence-corrected chi connectivity index (χ4v) is 3.78. The number of rotatable bonds is 6. The number of nitrogens with one attached hydrogen (secondary N) is 2. The molecule has 0 radical (unpaired) electrons. The maximum Gasteiger partial charge on any atom is 2.00 e. The van der Waals surface area contributed by atoms with Gasteiger partial charge in [-0.05, 0) is 48.5 Å². The molecule has 0 aliphatic carbocycles. The van der Waals surface area contributed by atoms with Crippen molar-refractivity contribution in [2.45, 2.75) is 13.3 Å². The summed E-state index contributed by atoms with van der Waals surface area (Å²) in [5.74, 6) is -0.695. The van der Waals surface area contributed by atoms with Gasteiger partial charge in [-0.2, -0.15) is 0 Å². The van der Waals surface area contributed by atoms with Gasteiger partial charge in [0.2, 0.25) is 0 Å². The van der Waals surface area contributed by atoms with Gasteiger partial charge in [-0.15, -0.1) is 0 Å². The maximum atomic E-state index is 11.7. The second kappa shape index (κ2) is 18.4. The third-order valence-corrected chi connectivity index (χ3v) is 5.58. The van der Waals surface area contributed by atoms with Crippen molar-refractivity contribution in [3.63, 3.8) is 0 Å². The van der Waals surface area contributed by atoms with Gasteiger partial charge in [0.25, 0.3) is 0 Å². The Labute approximate surface area is 267 Å². The van der Waals surface area contributed by atoms with Gasteiger partial charge >= 0.3 is 28.0 Å². The van der Waals surface area contributed by atoms with Crippen LogP contribution in [0.1, 0.15) is 0 Å². The molecule has 0 bridgehead atoms. The molecule has 0 aliphatic rings. The summed E-state index contributed by atoms with van der Waals surface area (Å²) < 4.78 is 13.5. The van der Waals surface area contributed by atoms with Gasteiger partial charge in [0.05, 0.1) is 24.4 Å². The maximum absolute atomic E-state index is 11.7. The number of nitrogens with zero attached hydrogens (tertiary/aromatic N) is 4. The number of aromatic nitrogens is 2. The van der Waals surface area contributed by atoms with Crippen LogP contribution in [0.25, 0.3) is 22.2 Å². The molecule has 2 aromatic heterocycles. The van der Waals surface area contributed by atoms with Crippen LogP contribution < -0.4 is 22.1 Å².